The molecule has 2 aromatic rings. The molecule has 23 heavy (non-hydrogen) atoms. The number of carbonyl (C=O) groups is 1. The summed E-state index contributed by atoms with van der Waals surface area (Å²) in [5.41, 5.74) is 0.812. The second kappa shape index (κ2) is 7.02. The fraction of sp³-hybridized carbons (Fsp3) is 0.188. The van der Waals surface area contributed by atoms with Gasteiger partial charge in [0.1, 0.15) is 5.75 Å². The quantitative estimate of drug-likeness (QED) is 0.808. The van der Waals surface area contributed by atoms with E-state index in [2.05, 4.69) is 4.72 Å². The van der Waals surface area contributed by atoms with Crippen LogP contribution >= 0.6 is 11.6 Å². The van der Waals surface area contributed by atoms with Gasteiger partial charge in [-0.15, -0.1) is 0 Å². The van der Waals surface area contributed by atoms with Gasteiger partial charge in [0.25, 0.3) is 0 Å². The maximum Gasteiger partial charge on any atom is 0.229 e. The highest BCUT2D eigenvalue weighted by atomic mass is 35.5. The Kier molecular flexibility index (Phi) is 5.28. The SMILES string of the molecule is C[C@H](Oc1ccccc1Cl)C(=O)c1ccc(NS(C)(=O)=O)cc1. The molecular formula is C16H16ClNO4S. The van der Waals surface area contributed by atoms with Crippen LogP contribution in [0.2, 0.25) is 5.02 Å². The number of nitrogens with one attached hydrogen (secondary N) is 1. The Labute approximate surface area is 140 Å². The van der Waals surface area contributed by atoms with Crippen LogP contribution < -0.4 is 9.46 Å². The fourth-order valence-electron chi connectivity index (χ4n) is 1.94. The lowest BCUT2D eigenvalue weighted by atomic mass is 10.1. The topological polar surface area (TPSA) is 72.5 Å². The number of anilines is 1. The van der Waals surface area contributed by atoms with Crippen LogP contribution in [0.25, 0.3) is 0 Å². The molecule has 0 aliphatic heterocycles. The van der Waals surface area contributed by atoms with Crippen LogP contribution in [0.4, 0.5) is 5.69 Å². The number of ether oxygens (including phenoxy) is 1. The smallest absolute Gasteiger partial charge is 0.229 e. The van der Waals surface area contributed by atoms with Crippen molar-refractivity contribution >= 4 is 33.1 Å². The van der Waals surface area contributed by atoms with Gasteiger partial charge in [-0.05, 0) is 43.3 Å². The number of ketones is 1. The van der Waals surface area contributed by atoms with Crippen molar-refractivity contribution in [2.24, 2.45) is 0 Å². The van der Waals surface area contributed by atoms with Gasteiger partial charge in [0.05, 0.1) is 11.3 Å². The van der Waals surface area contributed by atoms with Gasteiger partial charge >= 0.3 is 0 Å². The molecule has 0 fully saturated rings. The third kappa shape index (κ3) is 4.97. The first kappa shape index (κ1) is 17.3. The van der Waals surface area contributed by atoms with E-state index in [1.807, 2.05) is 0 Å². The molecule has 0 spiro atoms. The van der Waals surface area contributed by atoms with E-state index in [4.69, 9.17) is 16.3 Å². The number of halogens is 1. The van der Waals surface area contributed by atoms with E-state index in [0.717, 1.165) is 6.26 Å². The van der Waals surface area contributed by atoms with Gasteiger partial charge in [-0.25, -0.2) is 8.42 Å². The van der Waals surface area contributed by atoms with Crippen LogP contribution in [0.3, 0.4) is 0 Å². The Morgan fingerprint density at radius 3 is 2.30 bits per heavy atom. The number of hydrogen-bond acceptors (Lipinski definition) is 4. The zero-order valence-corrected chi connectivity index (χ0v) is 14.2. The van der Waals surface area contributed by atoms with Crippen molar-refractivity contribution in [3.63, 3.8) is 0 Å². The summed E-state index contributed by atoms with van der Waals surface area (Å²) in [6.07, 6.45) is 0.342. The number of carbonyl (C=O) groups excluding carboxylic acids is 1. The molecule has 0 aliphatic carbocycles. The first-order valence-electron chi connectivity index (χ1n) is 6.79. The fourth-order valence-corrected chi connectivity index (χ4v) is 2.68. The molecule has 1 atom stereocenters. The molecule has 0 aromatic heterocycles. The molecule has 0 heterocycles. The van der Waals surface area contributed by atoms with Crippen LogP contribution in [0.15, 0.2) is 48.5 Å². The molecule has 5 nitrogen and oxygen atoms in total. The lowest BCUT2D eigenvalue weighted by Crippen LogP contribution is -2.24. The van der Waals surface area contributed by atoms with Crippen molar-refractivity contribution in [1.82, 2.24) is 0 Å². The van der Waals surface area contributed by atoms with E-state index in [0.29, 0.717) is 22.0 Å². The lowest BCUT2D eigenvalue weighted by molar-refractivity contribution is 0.0818. The van der Waals surface area contributed by atoms with Crippen LogP contribution in [0, 0.1) is 0 Å². The van der Waals surface area contributed by atoms with Gasteiger partial charge in [0.15, 0.2) is 6.10 Å². The van der Waals surface area contributed by atoms with Gasteiger partial charge in [0.2, 0.25) is 15.8 Å². The Morgan fingerprint density at radius 1 is 1.13 bits per heavy atom. The van der Waals surface area contributed by atoms with E-state index in [1.54, 1.807) is 43.3 Å². The molecule has 2 aromatic carbocycles. The highest BCUT2D eigenvalue weighted by Gasteiger charge is 2.18. The Balaban J connectivity index is 2.09. The molecule has 0 radical (unpaired) electrons. The normalized spacial score (nSPS) is 12.5. The summed E-state index contributed by atoms with van der Waals surface area (Å²) in [6, 6.07) is 13.0. The van der Waals surface area contributed by atoms with Crippen molar-refractivity contribution in [3.05, 3.63) is 59.1 Å². The predicted molar refractivity (Wildman–Crippen MR) is 90.8 cm³/mol. The van der Waals surface area contributed by atoms with Gasteiger partial charge < -0.3 is 4.74 Å². The minimum Gasteiger partial charge on any atom is -0.481 e. The van der Waals surface area contributed by atoms with Gasteiger partial charge in [-0.3, -0.25) is 9.52 Å². The van der Waals surface area contributed by atoms with Crippen molar-refractivity contribution in [2.45, 2.75) is 13.0 Å². The zero-order valence-electron chi connectivity index (χ0n) is 12.6. The van der Waals surface area contributed by atoms with E-state index in [-0.39, 0.29) is 5.78 Å². The Hall–Kier alpha value is -2.05. The molecule has 7 heteroatoms. The summed E-state index contributed by atoms with van der Waals surface area (Å²) in [5, 5.41) is 0.430. The average molecular weight is 354 g/mol. The summed E-state index contributed by atoms with van der Waals surface area (Å²) in [5.74, 6) is 0.209. The number of sulfonamides is 1. The highest BCUT2D eigenvalue weighted by Crippen LogP contribution is 2.25. The van der Waals surface area contributed by atoms with Crippen LogP contribution in [-0.2, 0) is 10.0 Å². The number of benzene rings is 2. The van der Waals surface area contributed by atoms with Gasteiger partial charge in [-0.2, -0.15) is 0 Å². The summed E-state index contributed by atoms with van der Waals surface area (Å²) < 4.78 is 30.2. The molecule has 122 valence electrons. The van der Waals surface area contributed by atoms with Crippen molar-refractivity contribution in [1.29, 1.82) is 0 Å². The molecule has 0 unspecified atom stereocenters. The number of Topliss-reactive ketones (excluding diaryl/α,β-unsaturated/α-hetero) is 1. The second-order valence-electron chi connectivity index (χ2n) is 5.01. The van der Waals surface area contributed by atoms with E-state index in [9.17, 15) is 13.2 Å². The minimum absolute atomic E-state index is 0.226. The van der Waals surface area contributed by atoms with Gasteiger partial charge in [0, 0.05) is 11.3 Å². The zero-order chi connectivity index (χ0) is 17.0. The Morgan fingerprint density at radius 2 is 1.74 bits per heavy atom. The number of para-hydroxylation sites is 1. The summed E-state index contributed by atoms with van der Waals surface area (Å²) in [6.45, 7) is 1.63. The molecule has 2 rings (SSSR count). The van der Waals surface area contributed by atoms with Crippen LogP contribution in [0.5, 0.6) is 5.75 Å². The first-order chi connectivity index (χ1) is 10.8. The molecule has 0 bridgehead atoms. The van der Waals surface area contributed by atoms with E-state index < -0.39 is 16.1 Å². The molecule has 0 saturated heterocycles. The van der Waals surface area contributed by atoms with Crippen LogP contribution in [-0.4, -0.2) is 26.6 Å². The van der Waals surface area contributed by atoms with Gasteiger partial charge in [-0.1, -0.05) is 23.7 Å². The number of rotatable bonds is 6. The minimum atomic E-state index is -3.35. The van der Waals surface area contributed by atoms with E-state index >= 15 is 0 Å². The predicted octanol–water partition coefficient (Wildman–Crippen LogP) is 3.36. The summed E-state index contributed by atoms with van der Waals surface area (Å²) >= 11 is 6.00. The maximum atomic E-state index is 12.4. The summed E-state index contributed by atoms with van der Waals surface area (Å²) in [4.78, 5) is 12.4. The van der Waals surface area contributed by atoms with Crippen molar-refractivity contribution in [3.8, 4) is 5.75 Å². The lowest BCUT2D eigenvalue weighted by Gasteiger charge is -2.15. The largest absolute Gasteiger partial charge is 0.481 e. The third-order valence-electron chi connectivity index (χ3n) is 2.98. The van der Waals surface area contributed by atoms with E-state index in [1.165, 1.54) is 12.1 Å². The second-order valence-corrected chi connectivity index (χ2v) is 7.16. The number of hydrogen-bond donors (Lipinski definition) is 1. The molecule has 0 amide bonds. The molecular weight excluding hydrogens is 338 g/mol. The Bertz CT molecular complexity index is 803. The maximum absolute atomic E-state index is 12.4. The van der Waals surface area contributed by atoms with Crippen LogP contribution in [0.1, 0.15) is 17.3 Å². The average Bonchev–Trinajstić information content (AvgIpc) is 2.48. The van der Waals surface area contributed by atoms with Crippen molar-refractivity contribution in [2.75, 3.05) is 11.0 Å². The molecule has 1 N–H and O–H groups in total. The molecule has 0 aliphatic rings. The monoisotopic (exact) mass is 353 g/mol. The standard InChI is InChI=1S/C16H16ClNO4S/c1-11(22-15-6-4-3-5-14(15)17)16(19)12-7-9-13(10-8-12)18-23(2,20)21/h3-11,18H,1-2H3/t11-/m0/s1. The highest BCUT2D eigenvalue weighted by molar-refractivity contribution is 7.92. The molecule has 0 saturated carbocycles. The third-order valence-corrected chi connectivity index (χ3v) is 3.90. The first-order valence-corrected chi connectivity index (χ1v) is 9.06. The summed E-state index contributed by atoms with van der Waals surface area (Å²) in [7, 11) is -3.35. The van der Waals surface area contributed by atoms with Crippen molar-refractivity contribution < 1.29 is 17.9 Å².